The molecule has 2 unspecified atom stereocenters. The molecule has 82 valence electrons. The smallest absolute Gasteiger partial charge is 0.387 e. The largest absolute Gasteiger partial charge is 0.435 e. The van der Waals surface area contributed by atoms with E-state index in [9.17, 15) is 8.78 Å². The lowest BCUT2D eigenvalue weighted by atomic mass is 10.0. The average molecular weight is 213 g/mol. The van der Waals surface area contributed by atoms with Gasteiger partial charge in [0.05, 0.1) is 0 Å². The minimum atomic E-state index is -2.78. The van der Waals surface area contributed by atoms with Gasteiger partial charge in [-0.2, -0.15) is 8.78 Å². The lowest BCUT2D eigenvalue weighted by molar-refractivity contribution is -0.0498. The second kappa shape index (κ2) is 3.77. The Labute approximate surface area is 87.0 Å². The van der Waals surface area contributed by atoms with Gasteiger partial charge in [0.25, 0.3) is 0 Å². The molecule has 0 aromatic heterocycles. The monoisotopic (exact) mass is 213 g/mol. The summed E-state index contributed by atoms with van der Waals surface area (Å²) in [4.78, 5) is 0. The zero-order chi connectivity index (χ0) is 11.0. The predicted molar refractivity (Wildman–Crippen MR) is 53.0 cm³/mol. The van der Waals surface area contributed by atoms with Crippen LogP contribution in [-0.2, 0) is 0 Å². The molecule has 2 rings (SSSR count). The number of fused-ring (bicyclic) bond motifs is 1. The lowest BCUT2D eigenvalue weighted by Gasteiger charge is -2.09. The molecule has 2 nitrogen and oxygen atoms in total. The predicted octanol–water partition coefficient (Wildman–Crippen LogP) is 2.80. The van der Waals surface area contributed by atoms with Gasteiger partial charge in [-0.1, -0.05) is 13.0 Å². The van der Waals surface area contributed by atoms with E-state index in [0.29, 0.717) is 5.92 Å². The summed E-state index contributed by atoms with van der Waals surface area (Å²) in [6.45, 7) is -0.697. The molecule has 1 aliphatic carbocycles. The highest BCUT2D eigenvalue weighted by Crippen LogP contribution is 2.40. The number of ether oxygens (including phenoxy) is 1. The van der Waals surface area contributed by atoms with Gasteiger partial charge in [-0.3, -0.25) is 0 Å². The molecule has 1 aliphatic rings. The Morgan fingerprint density at radius 2 is 2.13 bits per heavy atom. The van der Waals surface area contributed by atoms with E-state index in [4.69, 9.17) is 5.73 Å². The van der Waals surface area contributed by atoms with E-state index in [1.165, 1.54) is 0 Å². The number of alkyl halides is 2. The summed E-state index contributed by atoms with van der Waals surface area (Å²) >= 11 is 0. The van der Waals surface area contributed by atoms with E-state index < -0.39 is 6.61 Å². The first-order valence-electron chi connectivity index (χ1n) is 4.92. The van der Waals surface area contributed by atoms with Gasteiger partial charge in [-0.05, 0) is 35.6 Å². The fourth-order valence-electron chi connectivity index (χ4n) is 2.13. The lowest BCUT2D eigenvalue weighted by Crippen LogP contribution is -2.07. The second-order valence-corrected chi connectivity index (χ2v) is 3.91. The van der Waals surface area contributed by atoms with Crippen molar-refractivity contribution < 1.29 is 13.5 Å². The maximum absolute atomic E-state index is 12.0. The number of nitrogens with two attached hydrogens (primary N) is 1. The molecule has 1 aromatic rings. The Morgan fingerprint density at radius 1 is 1.40 bits per heavy atom. The van der Waals surface area contributed by atoms with Crippen molar-refractivity contribution in [2.24, 2.45) is 5.73 Å². The standard InChI is InChI=1S/C11H13F2NO/c1-6-4-10(14)9-5-7(15-11(12)13)2-3-8(6)9/h2-3,5-6,10-11H,4,14H2,1H3. The Morgan fingerprint density at radius 3 is 2.80 bits per heavy atom. The van der Waals surface area contributed by atoms with Crippen LogP contribution in [0.15, 0.2) is 18.2 Å². The molecule has 2 atom stereocenters. The maximum atomic E-state index is 12.0. The van der Waals surface area contributed by atoms with Gasteiger partial charge < -0.3 is 10.5 Å². The van der Waals surface area contributed by atoms with Gasteiger partial charge in [-0.25, -0.2) is 0 Å². The van der Waals surface area contributed by atoms with Crippen molar-refractivity contribution in [2.75, 3.05) is 0 Å². The minimum absolute atomic E-state index is 0.0591. The van der Waals surface area contributed by atoms with Gasteiger partial charge in [-0.15, -0.1) is 0 Å². The van der Waals surface area contributed by atoms with Gasteiger partial charge in [0.2, 0.25) is 0 Å². The van der Waals surface area contributed by atoms with Crippen LogP contribution in [0.3, 0.4) is 0 Å². The van der Waals surface area contributed by atoms with Crippen molar-refractivity contribution in [3.05, 3.63) is 29.3 Å². The molecule has 0 radical (unpaired) electrons. The highest BCUT2D eigenvalue weighted by Gasteiger charge is 2.25. The molecule has 0 bridgehead atoms. The van der Waals surface area contributed by atoms with Gasteiger partial charge in [0, 0.05) is 6.04 Å². The summed E-state index contributed by atoms with van der Waals surface area (Å²) in [6.07, 6.45) is 0.869. The van der Waals surface area contributed by atoms with Crippen LogP contribution in [0.4, 0.5) is 8.78 Å². The number of rotatable bonds is 2. The first-order valence-corrected chi connectivity index (χ1v) is 4.92. The Bertz CT molecular complexity index is 368. The third-order valence-electron chi connectivity index (χ3n) is 2.82. The molecule has 1 aromatic carbocycles. The van der Waals surface area contributed by atoms with Gasteiger partial charge in [0.1, 0.15) is 5.75 Å². The number of halogens is 2. The molecular weight excluding hydrogens is 200 g/mol. The summed E-state index contributed by atoms with van der Waals surface area (Å²) in [6, 6.07) is 4.95. The molecule has 0 heterocycles. The maximum Gasteiger partial charge on any atom is 0.387 e. The molecule has 0 aliphatic heterocycles. The van der Waals surface area contributed by atoms with Crippen molar-refractivity contribution in [2.45, 2.75) is 31.9 Å². The molecule has 15 heavy (non-hydrogen) atoms. The highest BCUT2D eigenvalue weighted by molar-refractivity contribution is 5.42. The molecule has 0 saturated carbocycles. The van der Waals surface area contributed by atoms with E-state index in [2.05, 4.69) is 11.7 Å². The Kier molecular flexibility index (Phi) is 2.61. The third-order valence-corrected chi connectivity index (χ3v) is 2.82. The minimum Gasteiger partial charge on any atom is -0.435 e. The first kappa shape index (κ1) is 10.4. The number of hydrogen-bond acceptors (Lipinski definition) is 2. The quantitative estimate of drug-likeness (QED) is 0.819. The molecule has 2 N–H and O–H groups in total. The third kappa shape index (κ3) is 1.95. The summed E-state index contributed by atoms with van der Waals surface area (Å²) in [5.41, 5.74) is 7.97. The van der Waals surface area contributed by atoms with Crippen LogP contribution in [0.5, 0.6) is 5.75 Å². The summed E-state index contributed by atoms with van der Waals surface area (Å²) in [5.74, 6) is 0.587. The van der Waals surface area contributed by atoms with Crippen molar-refractivity contribution in [3.8, 4) is 5.75 Å². The van der Waals surface area contributed by atoms with Crippen LogP contribution < -0.4 is 10.5 Å². The van der Waals surface area contributed by atoms with Crippen LogP contribution in [0.1, 0.15) is 36.4 Å². The van der Waals surface area contributed by atoms with Crippen LogP contribution in [0.2, 0.25) is 0 Å². The van der Waals surface area contributed by atoms with Crippen molar-refractivity contribution >= 4 is 0 Å². The molecule has 4 heteroatoms. The molecule has 0 spiro atoms. The van der Waals surface area contributed by atoms with Crippen LogP contribution >= 0.6 is 0 Å². The van der Waals surface area contributed by atoms with Crippen LogP contribution in [-0.4, -0.2) is 6.61 Å². The van der Waals surface area contributed by atoms with Crippen molar-refractivity contribution in [1.82, 2.24) is 0 Å². The summed E-state index contributed by atoms with van der Waals surface area (Å²) < 4.78 is 28.3. The van der Waals surface area contributed by atoms with E-state index in [0.717, 1.165) is 17.5 Å². The first-order chi connectivity index (χ1) is 7.08. The van der Waals surface area contributed by atoms with E-state index in [1.54, 1.807) is 12.1 Å². The fraction of sp³-hybridized carbons (Fsp3) is 0.455. The number of hydrogen-bond donors (Lipinski definition) is 1. The van der Waals surface area contributed by atoms with Crippen molar-refractivity contribution in [3.63, 3.8) is 0 Å². The Balaban J connectivity index is 2.30. The Hall–Kier alpha value is -1.16. The van der Waals surface area contributed by atoms with Crippen molar-refractivity contribution in [1.29, 1.82) is 0 Å². The topological polar surface area (TPSA) is 35.2 Å². The number of benzene rings is 1. The van der Waals surface area contributed by atoms with E-state index in [1.807, 2.05) is 6.07 Å². The average Bonchev–Trinajstić information content (AvgIpc) is 2.41. The van der Waals surface area contributed by atoms with Crippen LogP contribution in [0, 0.1) is 0 Å². The zero-order valence-electron chi connectivity index (χ0n) is 8.41. The van der Waals surface area contributed by atoms with E-state index >= 15 is 0 Å². The summed E-state index contributed by atoms with van der Waals surface area (Å²) in [5, 5.41) is 0. The second-order valence-electron chi connectivity index (χ2n) is 3.91. The normalized spacial score (nSPS) is 24.3. The molecule has 0 amide bonds. The zero-order valence-corrected chi connectivity index (χ0v) is 8.41. The van der Waals surface area contributed by atoms with Gasteiger partial charge in [0.15, 0.2) is 0 Å². The fourth-order valence-corrected chi connectivity index (χ4v) is 2.13. The molecular formula is C11H13F2NO. The van der Waals surface area contributed by atoms with Crippen LogP contribution in [0.25, 0.3) is 0 Å². The molecule has 0 saturated heterocycles. The van der Waals surface area contributed by atoms with E-state index in [-0.39, 0.29) is 11.8 Å². The highest BCUT2D eigenvalue weighted by atomic mass is 19.3. The van der Waals surface area contributed by atoms with Gasteiger partial charge >= 0.3 is 6.61 Å². The SMILES string of the molecule is CC1CC(N)c2cc(OC(F)F)ccc21. The molecule has 0 fully saturated rings. The summed E-state index contributed by atoms with van der Waals surface area (Å²) in [7, 11) is 0.